The van der Waals surface area contributed by atoms with E-state index in [1.54, 1.807) is 0 Å². The molecule has 0 radical (unpaired) electrons. The van der Waals surface area contributed by atoms with Crippen LogP contribution in [-0.2, 0) is 9.47 Å². The molecule has 0 saturated carbocycles. The molecule has 0 aromatic rings. The summed E-state index contributed by atoms with van der Waals surface area (Å²) in [4.78, 5) is 0. The van der Waals surface area contributed by atoms with Crippen molar-refractivity contribution in [3.05, 3.63) is 0 Å². The van der Waals surface area contributed by atoms with Crippen molar-refractivity contribution in [3.63, 3.8) is 0 Å². The lowest BCUT2D eigenvalue weighted by Crippen LogP contribution is -2.35. The van der Waals surface area contributed by atoms with Gasteiger partial charge in [0.25, 0.3) is 0 Å². The molecule has 0 spiro atoms. The minimum Gasteiger partial charge on any atom is -0.352 e. The fourth-order valence-corrected chi connectivity index (χ4v) is 2.31. The van der Waals surface area contributed by atoms with E-state index in [4.69, 9.17) is 9.47 Å². The lowest BCUT2D eigenvalue weighted by atomic mass is 9.83. The Morgan fingerprint density at radius 3 is 1.50 bits per heavy atom. The molecule has 96 valence electrons. The molecule has 2 heteroatoms. The van der Waals surface area contributed by atoms with Crippen LogP contribution in [0.25, 0.3) is 0 Å². The van der Waals surface area contributed by atoms with E-state index in [0.29, 0.717) is 29.8 Å². The first kappa shape index (κ1) is 14.0. The zero-order chi connectivity index (χ0) is 12.4. The molecule has 0 bridgehead atoms. The van der Waals surface area contributed by atoms with Gasteiger partial charge < -0.3 is 9.47 Å². The van der Waals surface area contributed by atoms with Crippen LogP contribution in [0.5, 0.6) is 0 Å². The predicted octanol–water partition coefficient (Wildman–Crippen LogP) is 3.99. The van der Waals surface area contributed by atoms with E-state index in [9.17, 15) is 0 Å². The van der Waals surface area contributed by atoms with Gasteiger partial charge in [-0.05, 0) is 23.7 Å². The van der Waals surface area contributed by atoms with Crippen molar-refractivity contribution >= 4 is 0 Å². The third kappa shape index (κ3) is 5.86. The normalized spacial score (nSPS) is 28.1. The Morgan fingerprint density at radius 1 is 0.812 bits per heavy atom. The second kappa shape index (κ2) is 5.05. The molecule has 1 aliphatic heterocycles. The molecule has 1 heterocycles. The molecule has 1 rings (SSSR count). The number of ether oxygens (including phenoxy) is 2. The maximum absolute atomic E-state index is 5.68. The van der Waals surface area contributed by atoms with Gasteiger partial charge in [-0.25, -0.2) is 0 Å². The van der Waals surface area contributed by atoms with Crippen molar-refractivity contribution in [3.8, 4) is 0 Å². The summed E-state index contributed by atoms with van der Waals surface area (Å²) < 4.78 is 11.4. The summed E-state index contributed by atoms with van der Waals surface area (Å²) in [5.41, 5.74) is 0.683. The average Bonchev–Trinajstić information content (AvgIpc) is 1.96. The van der Waals surface area contributed by atoms with Gasteiger partial charge in [-0.2, -0.15) is 0 Å². The molecule has 1 fully saturated rings. The van der Waals surface area contributed by atoms with Gasteiger partial charge in [-0.1, -0.05) is 41.5 Å². The quantitative estimate of drug-likeness (QED) is 0.711. The molecule has 2 atom stereocenters. The molecular weight excluding hydrogens is 200 g/mol. The van der Waals surface area contributed by atoms with Crippen LogP contribution >= 0.6 is 0 Å². The minimum atomic E-state index is 0.342. The lowest BCUT2D eigenvalue weighted by Gasteiger charge is -2.35. The monoisotopic (exact) mass is 228 g/mol. The van der Waals surface area contributed by atoms with Crippen LogP contribution in [-0.4, -0.2) is 19.0 Å². The van der Waals surface area contributed by atoms with Crippen LogP contribution in [0.4, 0.5) is 0 Å². The van der Waals surface area contributed by atoms with Gasteiger partial charge in [0.05, 0.1) is 12.2 Å². The van der Waals surface area contributed by atoms with Gasteiger partial charge in [0.2, 0.25) is 0 Å². The van der Waals surface area contributed by atoms with Crippen LogP contribution in [0, 0.1) is 10.8 Å². The summed E-state index contributed by atoms with van der Waals surface area (Å²) in [6.07, 6.45) is 4.05. The van der Waals surface area contributed by atoms with Gasteiger partial charge in [0.15, 0.2) is 0 Å². The van der Waals surface area contributed by atoms with Crippen LogP contribution in [0.1, 0.15) is 60.8 Å². The Kier molecular flexibility index (Phi) is 4.42. The number of hydrogen-bond donors (Lipinski definition) is 0. The fraction of sp³-hybridized carbons (Fsp3) is 1.00. The molecule has 1 saturated heterocycles. The Morgan fingerprint density at radius 2 is 1.19 bits per heavy atom. The standard InChI is InChI=1S/C14H28O2/c1-13(2,3)8-11-7-12(16-10-15-11)9-14(4,5)6/h11-12H,7-10H2,1-6H3/t11-,12?/m0/s1. The summed E-state index contributed by atoms with van der Waals surface area (Å²) in [6, 6.07) is 0. The number of rotatable bonds is 2. The first-order valence-corrected chi connectivity index (χ1v) is 6.39. The third-order valence-corrected chi connectivity index (χ3v) is 2.81. The highest BCUT2D eigenvalue weighted by Crippen LogP contribution is 2.31. The topological polar surface area (TPSA) is 18.5 Å². The van der Waals surface area contributed by atoms with Crippen molar-refractivity contribution < 1.29 is 9.47 Å². The molecular formula is C14H28O2. The van der Waals surface area contributed by atoms with Gasteiger partial charge in [0, 0.05) is 6.42 Å². The van der Waals surface area contributed by atoms with Crippen LogP contribution in [0.3, 0.4) is 0 Å². The summed E-state index contributed by atoms with van der Waals surface area (Å²) >= 11 is 0. The molecule has 0 amide bonds. The lowest BCUT2D eigenvalue weighted by molar-refractivity contribution is -0.187. The molecule has 0 aromatic carbocycles. The molecule has 0 aromatic heterocycles. The van der Waals surface area contributed by atoms with Gasteiger partial charge in [0.1, 0.15) is 6.79 Å². The predicted molar refractivity (Wildman–Crippen MR) is 67.4 cm³/mol. The van der Waals surface area contributed by atoms with E-state index in [-0.39, 0.29) is 0 Å². The first-order valence-electron chi connectivity index (χ1n) is 6.39. The highest BCUT2D eigenvalue weighted by atomic mass is 16.7. The van der Waals surface area contributed by atoms with E-state index in [1.165, 1.54) is 0 Å². The summed E-state index contributed by atoms with van der Waals surface area (Å²) in [7, 11) is 0. The van der Waals surface area contributed by atoms with Gasteiger partial charge in [-0.3, -0.25) is 0 Å². The van der Waals surface area contributed by atoms with E-state index in [2.05, 4.69) is 41.5 Å². The maximum Gasteiger partial charge on any atom is 0.147 e. The smallest absolute Gasteiger partial charge is 0.147 e. The van der Waals surface area contributed by atoms with Crippen molar-refractivity contribution in [2.45, 2.75) is 73.0 Å². The maximum atomic E-state index is 5.68. The van der Waals surface area contributed by atoms with Crippen molar-refractivity contribution in [1.82, 2.24) is 0 Å². The van der Waals surface area contributed by atoms with E-state index in [0.717, 1.165) is 19.3 Å². The molecule has 0 N–H and O–H groups in total. The van der Waals surface area contributed by atoms with E-state index >= 15 is 0 Å². The fourth-order valence-electron chi connectivity index (χ4n) is 2.31. The minimum absolute atomic E-state index is 0.342. The molecule has 1 unspecified atom stereocenters. The third-order valence-electron chi connectivity index (χ3n) is 2.81. The van der Waals surface area contributed by atoms with Crippen molar-refractivity contribution in [2.24, 2.45) is 10.8 Å². The first-order chi connectivity index (χ1) is 7.16. The summed E-state index contributed by atoms with van der Waals surface area (Å²) in [5, 5.41) is 0. The molecule has 2 nitrogen and oxygen atoms in total. The van der Waals surface area contributed by atoms with E-state index in [1.807, 2.05) is 0 Å². The van der Waals surface area contributed by atoms with Crippen molar-refractivity contribution in [2.75, 3.05) is 6.79 Å². The average molecular weight is 228 g/mol. The zero-order valence-electron chi connectivity index (χ0n) is 11.8. The molecule has 0 aliphatic carbocycles. The van der Waals surface area contributed by atoms with Crippen molar-refractivity contribution in [1.29, 1.82) is 0 Å². The summed E-state index contributed by atoms with van der Waals surface area (Å²) in [5.74, 6) is 0. The van der Waals surface area contributed by atoms with E-state index < -0.39 is 0 Å². The van der Waals surface area contributed by atoms with Gasteiger partial charge in [-0.15, -0.1) is 0 Å². The van der Waals surface area contributed by atoms with Crippen LogP contribution in [0.2, 0.25) is 0 Å². The Hall–Kier alpha value is -0.0800. The van der Waals surface area contributed by atoms with Gasteiger partial charge >= 0.3 is 0 Å². The van der Waals surface area contributed by atoms with Crippen LogP contribution in [0.15, 0.2) is 0 Å². The molecule has 1 aliphatic rings. The Bertz CT molecular complexity index is 188. The zero-order valence-corrected chi connectivity index (χ0v) is 11.8. The summed E-state index contributed by atoms with van der Waals surface area (Å²) in [6.45, 7) is 14.1. The SMILES string of the molecule is CC(C)(C)CC1C[C@@H](CC(C)(C)C)OCO1. The number of hydrogen-bond acceptors (Lipinski definition) is 2. The highest BCUT2D eigenvalue weighted by molar-refractivity contribution is 4.78. The van der Waals surface area contributed by atoms with Crippen LogP contribution < -0.4 is 0 Å². The Balaban J connectivity index is 2.41. The second-order valence-corrected chi connectivity index (χ2v) is 7.46. The Labute approximate surface area is 101 Å². The second-order valence-electron chi connectivity index (χ2n) is 7.46. The molecule has 16 heavy (non-hydrogen) atoms. The largest absolute Gasteiger partial charge is 0.352 e. The highest BCUT2D eigenvalue weighted by Gasteiger charge is 2.29.